The maximum Gasteiger partial charge on any atom is 0.393 e. The lowest BCUT2D eigenvalue weighted by Crippen LogP contribution is -2.50. The van der Waals surface area contributed by atoms with Gasteiger partial charge in [0.25, 0.3) is 0 Å². The van der Waals surface area contributed by atoms with Gasteiger partial charge in [0.15, 0.2) is 0 Å². The van der Waals surface area contributed by atoms with Crippen molar-refractivity contribution in [2.24, 2.45) is 5.92 Å². The molecule has 2 N–H and O–H groups in total. The SMILES string of the molecule is CCCC(C)(O)CNC1CCCCC1C(F)(F)F. The molecular formula is C13H24F3NO. The van der Waals surface area contributed by atoms with Crippen molar-refractivity contribution in [3.8, 4) is 0 Å². The average molecular weight is 267 g/mol. The van der Waals surface area contributed by atoms with E-state index in [-0.39, 0.29) is 13.0 Å². The van der Waals surface area contributed by atoms with E-state index in [0.29, 0.717) is 19.3 Å². The summed E-state index contributed by atoms with van der Waals surface area (Å²) < 4.78 is 38.6. The molecule has 3 unspecified atom stereocenters. The van der Waals surface area contributed by atoms with Gasteiger partial charge in [0, 0.05) is 12.6 Å². The third-order valence-corrected chi connectivity index (χ3v) is 3.72. The fourth-order valence-corrected chi connectivity index (χ4v) is 2.74. The van der Waals surface area contributed by atoms with Gasteiger partial charge in [-0.05, 0) is 26.2 Å². The summed E-state index contributed by atoms with van der Waals surface area (Å²) in [6.45, 7) is 3.86. The Morgan fingerprint density at radius 2 is 1.83 bits per heavy atom. The zero-order valence-electron chi connectivity index (χ0n) is 11.2. The number of halogens is 3. The van der Waals surface area contributed by atoms with E-state index in [1.165, 1.54) is 0 Å². The van der Waals surface area contributed by atoms with Crippen LogP contribution in [0.5, 0.6) is 0 Å². The summed E-state index contributed by atoms with van der Waals surface area (Å²) in [5.41, 5.74) is -0.914. The van der Waals surface area contributed by atoms with E-state index >= 15 is 0 Å². The number of nitrogens with one attached hydrogen (secondary N) is 1. The minimum atomic E-state index is -4.13. The Bertz CT molecular complexity index is 253. The number of alkyl halides is 3. The summed E-state index contributed by atoms with van der Waals surface area (Å²) in [7, 11) is 0. The van der Waals surface area contributed by atoms with Crippen LogP contribution in [0.15, 0.2) is 0 Å². The van der Waals surface area contributed by atoms with Crippen LogP contribution in [0.3, 0.4) is 0 Å². The van der Waals surface area contributed by atoms with Crippen LogP contribution >= 0.6 is 0 Å². The minimum Gasteiger partial charge on any atom is -0.389 e. The molecule has 0 aliphatic heterocycles. The van der Waals surface area contributed by atoms with E-state index < -0.39 is 23.7 Å². The Morgan fingerprint density at radius 3 is 2.39 bits per heavy atom. The minimum absolute atomic E-state index is 0.205. The molecule has 0 saturated heterocycles. The van der Waals surface area contributed by atoms with E-state index in [4.69, 9.17) is 0 Å². The third-order valence-electron chi connectivity index (χ3n) is 3.72. The van der Waals surface area contributed by atoms with Gasteiger partial charge in [-0.2, -0.15) is 13.2 Å². The van der Waals surface area contributed by atoms with Crippen LogP contribution in [0.4, 0.5) is 13.2 Å². The Hall–Kier alpha value is -0.290. The molecule has 0 radical (unpaired) electrons. The Kier molecular flexibility index (Phi) is 5.46. The van der Waals surface area contributed by atoms with Gasteiger partial charge in [0.2, 0.25) is 0 Å². The van der Waals surface area contributed by atoms with Gasteiger partial charge >= 0.3 is 6.18 Å². The smallest absolute Gasteiger partial charge is 0.389 e. The number of rotatable bonds is 5. The second kappa shape index (κ2) is 6.24. The molecule has 0 aromatic rings. The Labute approximate surface area is 107 Å². The molecule has 18 heavy (non-hydrogen) atoms. The van der Waals surface area contributed by atoms with Crippen LogP contribution in [0, 0.1) is 5.92 Å². The summed E-state index contributed by atoms with van der Waals surface area (Å²) in [5.74, 6) is -1.26. The molecule has 0 bridgehead atoms. The van der Waals surface area contributed by atoms with Gasteiger partial charge in [-0.15, -0.1) is 0 Å². The van der Waals surface area contributed by atoms with Crippen molar-refractivity contribution in [2.75, 3.05) is 6.54 Å². The van der Waals surface area contributed by atoms with Gasteiger partial charge in [-0.3, -0.25) is 0 Å². The van der Waals surface area contributed by atoms with E-state index in [1.54, 1.807) is 6.92 Å². The lowest BCUT2D eigenvalue weighted by Gasteiger charge is -2.35. The number of aliphatic hydroxyl groups is 1. The van der Waals surface area contributed by atoms with Crippen LogP contribution in [-0.4, -0.2) is 29.5 Å². The Morgan fingerprint density at radius 1 is 1.22 bits per heavy atom. The highest BCUT2D eigenvalue weighted by atomic mass is 19.4. The number of hydrogen-bond acceptors (Lipinski definition) is 2. The highest BCUT2D eigenvalue weighted by Crippen LogP contribution is 2.37. The van der Waals surface area contributed by atoms with Crippen molar-refractivity contribution < 1.29 is 18.3 Å². The third kappa shape index (κ3) is 4.76. The zero-order chi connectivity index (χ0) is 13.8. The monoisotopic (exact) mass is 267 g/mol. The zero-order valence-corrected chi connectivity index (χ0v) is 11.2. The van der Waals surface area contributed by atoms with Gasteiger partial charge in [0.05, 0.1) is 11.5 Å². The molecule has 1 fully saturated rings. The lowest BCUT2D eigenvalue weighted by atomic mass is 9.83. The van der Waals surface area contributed by atoms with Crippen LogP contribution in [0.2, 0.25) is 0 Å². The van der Waals surface area contributed by atoms with E-state index in [2.05, 4.69) is 5.32 Å². The molecular weight excluding hydrogens is 243 g/mol. The number of hydrogen-bond donors (Lipinski definition) is 2. The highest BCUT2D eigenvalue weighted by Gasteiger charge is 2.45. The molecule has 1 aliphatic carbocycles. The molecule has 0 amide bonds. The summed E-state index contributed by atoms with van der Waals surface area (Å²) >= 11 is 0. The van der Waals surface area contributed by atoms with Crippen molar-refractivity contribution >= 4 is 0 Å². The first kappa shape index (κ1) is 15.8. The molecule has 3 atom stereocenters. The molecule has 1 aliphatic rings. The van der Waals surface area contributed by atoms with Crippen LogP contribution < -0.4 is 5.32 Å². The second-order valence-corrected chi connectivity index (χ2v) is 5.67. The first-order valence-electron chi connectivity index (χ1n) is 6.79. The van der Waals surface area contributed by atoms with Crippen LogP contribution in [-0.2, 0) is 0 Å². The van der Waals surface area contributed by atoms with Crippen LogP contribution in [0.25, 0.3) is 0 Å². The van der Waals surface area contributed by atoms with E-state index in [0.717, 1.165) is 12.8 Å². The van der Waals surface area contributed by atoms with Gasteiger partial charge in [-0.25, -0.2) is 0 Å². The Balaban J connectivity index is 2.53. The van der Waals surface area contributed by atoms with Gasteiger partial charge in [-0.1, -0.05) is 26.2 Å². The van der Waals surface area contributed by atoms with E-state index in [1.807, 2.05) is 6.92 Å². The topological polar surface area (TPSA) is 32.3 Å². The maximum atomic E-state index is 12.9. The predicted octanol–water partition coefficient (Wildman–Crippen LogP) is 3.25. The summed E-state index contributed by atoms with van der Waals surface area (Å²) in [4.78, 5) is 0. The van der Waals surface area contributed by atoms with Crippen molar-refractivity contribution in [1.82, 2.24) is 5.32 Å². The predicted molar refractivity (Wildman–Crippen MR) is 65.3 cm³/mol. The van der Waals surface area contributed by atoms with Crippen molar-refractivity contribution in [1.29, 1.82) is 0 Å². The average Bonchev–Trinajstić information content (AvgIpc) is 2.26. The molecule has 5 heteroatoms. The first-order chi connectivity index (χ1) is 8.26. The summed E-state index contributed by atoms with van der Waals surface area (Å²) in [6.07, 6.45) is -0.475. The largest absolute Gasteiger partial charge is 0.393 e. The van der Waals surface area contributed by atoms with E-state index in [9.17, 15) is 18.3 Å². The molecule has 1 rings (SSSR count). The van der Waals surface area contributed by atoms with Crippen molar-refractivity contribution in [3.63, 3.8) is 0 Å². The molecule has 0 aromatic heterocycles. The molecule has 1 saturated carbocycles. The molecule has 0 heterocycles. The standard InChI is InChI=1S/C13H24F3NO/c1-3-8-12(2,18)9-17-11-7-5-4-6-10(11)13(14,15)16/h10-11,17-18H,3-9H2,1-2H3. The highest BCUT2D eigenvalue weighted by molar-refractivity contribution is 4.87. The normalized spacial score (nSPS) is 29.0. The van der Waals surface area contributed by atoms with Gasteiger partial charge < -0.3 is 10.4 Å². The lowest BCUT2D eigenvalue weighted by molar-refractivity contribution is -0.189. The second-order valence-electron chi connectivity index (χ2n) is 5.67. The molecule has 108 valence electrons. The summed E-state index contributed by atoms with van der Waals surface area (Å²) in [5, 5.41) is 12.9. The fourth-order valence-electron chi connectivity index (χ4n) is 2.74. The summed E-state index contributed by atoms with van der Waals surface area (Å²) in [6, 6.07) is -0.540. The van der Waals surface area contributed by atoms with Gasteiger partial charge in [0.1, 0.15) is 0 Å². The first-order valence-corrected chi connectivity index (χ1v) is 6.79. The fraction of sp³-hybridized carbons (Fsp3) is 1.00. The van der Waals surface area contributed by atoms with Crippen LogP contribution in [0.1, 0.15) is 52.4 Å². The molecule has 0 spiro atoms. The maximum absolute atomic E-state index is 12.9. The van der Waals surface area contributed by atoms with Crippen molar-refractivity contribution in [2.45, 2.75) is 70.2 Å². The quantitative estimate of drug-likeness (QED) is 0.801. The molecule has 2 nitrogen and oxygen atoms in total. The molecule has 0 aromatic carbocycles. The van der Waals surface area contributed by atoms with Crippen molar-refractivity contribution in [3.05, 3.63) is 0 Å².